The lowest BCUT2D eigenvalue weighted by Crippen LogP contribution is -2.34. The second-order valence-corrected chi connectivity index (χ2v) is 3.16. The van der Waals surface area contributed by atoms with Crippen LogP contribution in [-0.2, 0) is 6.42 Å². The van der Waals surface area contributed by atoms with Crippen molar-refractivity contribution in [2.45, 2.75) is 12.8 Å². The Morgan fingerprint density at radius 1 is 1.56 bits per heavy atom. The Labute approximate surface area is 89.6 Å². The molecule has 0 aromatic carbocycles. The second-order valence-electron chi connectivity index (χ2n) is 3.16. The van der Waals surface area contributed by atoms with E-state index in [2.05, 4.69) is 30.3 Å². The van der Waals surface area contributed by atoms with E-state index in [-0.39, 0.29) is 0 Å². The van der Waals surface area contributed by atoms with Gasteiger partial charge in [0, 0.05) is 13.0 Å². The Balaban J connectivity index is 1.83. The maximum atomic E-state index is 11.1. The number of hydrazine groups is 1. The first-order valence-electron chi connectivity index (χ1n) is 4.69. The molecule has 2 rings (SSSR count). The van der Waals surface area contributed by atoms with Gasteiger partial charge in [-0.3, -0.25) is 0 Å². The number of hydrogen-bond donors (Lipinski definition) is 3. The number of aromatic amines is 2. The highest BCUT2D eigenvalue weighted by molar-refractivity contribution is 5.38. The van der Waals surface area contributed by atoms with Crippen LogP contribution in [0.1, 0.15) is 12.2 Å². The van der Waals surface area contributed by atoms with Crippen LogP contribution in [0.2, 0.25) is 0 Å². The average Bonchev–Trinajstić information content (AvgIpc) is 2.88. The molecule has 2 heterocycles. The summed E-state index contributed by atoms with van der Waals surface area (Å²) in [4.78, 5) is 11.1. The molecule has 9 heteroatoms. The summed E-state index contributed by atoms with van der Waals surface area (Å²) in [7, 11) is 0. The molecule has 0 bridgehead atoms. The first-order chi connectivity index (χ1) is 7.77. The van der Waals surface area contributed by atoms with Crippen molar-refractivity contribution in [3.63, 3.8) is 0 Å². The minimum atomic E-state index is -0.484. The van der Waals surface area contributed by atoms with Gasteiger partial charge < -0.3 is 9.53 Å². The van der Waals surface area contributed by atoms with Crippen LogP contribution in [0.15, 0.2) is 15.5 Å². The van der Waals surface area contributed by atoms with Crippen LogP contribution in [0.3, 0.4) is 0 Å². The number of aryl methyl sites for hydroxylation is 1. The SMILES string of the molecule is NN(CCCc1nn[nH]n1)c1c[nH]oc1=O. The summed E-state index contributed by atoms with van der Waals surface area (Å²) < 4.78 is 4.50. The molecule has 0 aliphatic rings. The summed E-state index contributed by atoms with van der Waals surface area (Å²) in [5.41, 5.74) is -0.185. The monoisotopic (exact) mass is 225 g/mol. The topological polar surface area (TPSA) is 130 Å². The van der Waals surface area contributed by atoms with E-state index in [1.165, 1.54) is 11.2 Å². The molecule has 0 amide bonds. The van der Waals surface area contributed by atoms with Crippen molar-refractivity contribution in [1.82, 2.24) is 25.8 Å². The molecule has 0 spiro atoms. The van der Waals surface area contributed by atoms with E-state index in [1.807, 2.05) is 0 Å². The minimum absolute atomic E-state index is 0.299. The summed E-state index contributed by atoms with van der Waals surface area (Å²) in [5, 5.41) is 17.0. The van der Waals surface area contributed by atoms with Crippen LogP contribution >= 0.6 is 0 Å². The molecule has 86 valence electrons. The predicted molar refractivity (Wildman–Crippen MR) is 53.4 cm³/mol. The van der Waals surface area contributed by atoms with Crippen LogP contribution in [0.4, 0.5) is 5.69 Å². The highest BCUT2D eigenvalue weighted by Gasteiger charge is 2.09. The Hall–Kier alpha value is -2.16. The normalized spacial score (nSPS) is 10.6. The quantitative estimate of drug-likeness (QED) is 0.430. The zero-order chi connectivity index (χ0) is 11.4. The molecule has 16 heavy (non-hydrogen) atoms. The lowest BCUT2D eigenvalue weighted by molar-refractivity contribution is 0.391. The van der Waals surface area contributed by atoms with Gasteiger partial charge in [-0.15, -0.1) is 10.2 Å². The molecule has 9 nitrogen and oxygen atoms in total. The molecule has 0 radical (unpaired) electrons. The zero-order valence-corrected chi connectivity index (χ0v) is 8.38. The van der Waals surface area contributed by atoms with Crippen molar-refractivity contribution in [2.24, 2.45) is 5.84 Å². The molecule has 2 aromatic heterocycles. The number of nitrogens with one attached hydrogen (secondary N) is 2. The second kappa shape index (κ2) is 4.57. The van der Waals surface area contributed by atoms with Crippen LogP contribution in [0.5, 0.6) is 0 Å². The summed E-state index contributed by atoms with van der Waals surface area (Å²) in [5.74, 6) is 6.29. The van der Waals surface area contributed by atoms with Crippen LogP contribution in [0, 0.1) is 0 Å². The van der Waals surface area contributed by atoms with Gasteiger partial charge in [0.1, 0.15) is 0 Å². The van der Waals surface area contributed by atoms with Gasteiger partial charge in [-0.1, -0.05) is 5.21 Å². The molecular weight excluding hydrogens is 214 g/mol. The smallest absolute Gasteiger partial charge is 0.337 e. The highest BCUT2D eigenvalue weighted by atomic mass is 16.5. The largest absolute Gasteiger partial charge is 0.381 e. The molecule has 2 aromatic rings. The number of H-pyrrole nitrogens is 2. The van der Waals surface area contributed by atoms with Crippen molar-refractivity contribution in [3.05, 3.63) is 22.4 Å². The zero-order valence-electron chi connectivity index (χ0n) is 8.38. The number of anilines is 1. The van der Waals surface area contributed by atoms with E-state index >= 15 is 0 Å². The van der Waals surface area contributed by atoms with Gasteiger partial charge in [-0.2, -0.15) is 5.21 Å². The summed E-state index contributed by atoms with van der Waals surface area (Å²) in [6.45, 7) is 0.497. The van der Waals surface area contributed by atoms with Gasteiger partial charge in [-0.25, -0.2) is 15.8 Å². The van der Waals surface area contributed by atoms with E-state index in [4.69, 9.17) is 5.84 Å². The molecule has 4 N–H and O–H groups in total. The molecule has 0 saturated carbocycles. The first-order valence-corrected chi connectivity index (χ1v) is 4.69. The number of rotatable bonds is 5. The standard InChI is InChI=1S/C7H11N7O2/c8-14(5-4-9-16-7(5)15)3-1-2-6-10-12-13-11-6/h4,9H,1-3,8H2,(H,10,11,12,13). The van der Waals surface area contributed by atoms with Gasteiger partial charge >= 0.3 is 5.63 Å². The average molecular weight is 225 g/mol. The maximum Gasteiger partial charge on any atom is 0.381 e. The van der Waals surface area contributed by atoms with Crippen LogP contribution in [0.25, 0.3) is 0 Å². The Morgan fingerprint density at radius 2 is 2.44 bits per heavy atom. The third kappa shape index (κ3) is 2.25. The lowest BCUT2D eigenvalue weighted by atomic mass is 10.3. The predicted octanol–water partition coefficient (Wildman–Crippen LogP) is -1.21. The Kier molecular flexibility index (Phi) is 2.96. The van der Waals surface area contributed by atoms with Crippen molar-refractivity contribution in [2.75, 3.05) is 11.6 Å². The van der Waals surface area contributed by atoms with E-state index in [0.29, 0.717) is 30.9 Å². The van der Waals surface area contributed by atoms with Gasteiger partial charge in [0.05, 0.1) is 6.20 Å². The number of nitrogens with two attached hydrogens (primary N) is 1. The lowest BCUT2D eigenvalue weighted by Gasteiger charge is -2.13. The number of nitrogens with zero attached hydrogens (tertiary/aromatic N) is 4. The molecule has 0 aliphatic carbocycles. The van der Waals surface area contributed by atoms with E-state index in [9.17, 15) is 4.79 Å². The van der Waals surface area contributed by atoms with E-state index < -0.39 is 5.63 Å². The molecular formula is C7H11N7O2. The fourth-order valence-corrected chi connectivity index (χ4v) is 1.27. The molecule has 0 atom stereocenters. The maximum absolute atomic E-state index is 11.1. The molecule has 0 unspecified atom stereocenters. The number of aromatic nitrogens is 5. The van der Waals surface area contributed by atoms with Crippen molar-refractivity contribution in [3.8, 4) is 0 Å². The summed E-state index contributed by atoms with van der Waals surface area (Å²) in [6.07, 6.45) is 2.76. The van der Waals surface area contributed by atoms with Gasteiger partial charge in [0.2, 0.25) is 0 Å². The van der Waals surface area contributed by atoms with Crippen molar-refractivity contribution < 1.29 is 4.52 Å². The fraction of sp³-hybridized carbons (Fsp3) is 0.429. The number of hydrogen-bond acceptors (Lipinski definition) is 7. The molecule has 0 saturated heterocycles. The van der Waals surface area contributed by atoms with Gasteiger partial charge in [-0.05, 0) is 6.42 Å². The Morgan fingerprint density at radius 3 is 3.06 bits per heavy atom. The summed E-state index contributed by atoms with van der Waals surface area (Å²) in [6, 6.07) is 0. The van der Waals surface area contributed by atoms with E-state index in [1.54, 1.807) is 0 Å². The fourth-order valence-electron chi connectivity index (χ4n) is 1.27. The first kappa shape index (κ1) is 10.4. The third-order valence-corrected chi connectivity index (χ3v) is 2.05. The third-order valence-electron chi connectivity index (χ3n) is 2.05. The van der Waals surface area contributed by atoms with Crippen LogP contribution < -0.4 is 16.5 Å². The van der Waals surface area contributed by atoms with Gasteiger partial charge in [0.25, 0.3) is 0 Å². The van der Waals surface area contributed by atoms with Crippen molar-refractivity contribution in [1.29, 1.82) is 0 Å². The van der Waals surface area contributed by atoms with Gasteiger partial charge in [0.15, 0.2) is 11.5 Å². The van der Waals surface area contributed by atoms with E-state index in [0.717, 1.165) is 0 Å². The van der Waals surface area contributed by atoms with Crippen LogP contribution in [-0.4, -0.2) is 32.3 Å². The Bertz CT molecular complexity index is 473. The highest BCUT2D eigenvalue weighted by Crippen LogP contribution is 2.03. The molecule has 0 fully saturated rings. The van der Waals surface area contributed by atoms with Crippen molar-refractivity contribution >= 4 is 5.69 Å². The molecule has 0 aliphatic heterocycles. The number of tetrazole rings is 1. The minimum Gasteiger partial charge on any atom is -0.337 e. The summed E-state index contributed by atoms with van der Waals surface area (Å²) >= 11 is 0.